The number of sulfonamides is 1. The molecule has 1 N–H and O–H groups in total. The van der Waals surface area contributed by atoms with Gasteiger partial charge in [0.05, 0.1) is 24.1 Å². The number of amides is 1. The molecule has 0 aliphatic rings. The molecule has 4 aromatic rings. The molecule has 0 saturated carbocycles. The first kappa shape index (κ1) is 21.7. The van der Waals surface area contributed by atoms with E-state index in [2.05, 4.69) is 10.3 Å². The average molecular weight is 450 g/mol. The van der Waals surface area contributed by atoms with Crippen LogP contribution in [-0.2, 0) is 28.9 Å². The molecular weight excluding hydrogens is 426 g/mol. The van der Waals surface area contributed by atoms with Crippen LogP contribution in [0.1, 0.15) is 27.2 Å². The van der Waals surface area contributed by atoms with Crippen molar-refractivity contribution >= 4 is 26.8 Å². The molecule has 2 heterocycles. The smallest absolute Gasteiger partial charge is 0.251 e. The summed E-state index contributed by atoms with van der Waals surface area (Å²) in [6, 6.07) is 19.6. The highest BCUT2D eigenvalue weighted by molar-refractivity contribution is 7.88. The van der Waals surface area contributed by atoms with E-state index in [4.69, 9.17) is 4.42 Å². The molecule has 0 saturated heterocycles. The highest BCUT2D eigenvalue weighted by atomic mass is 32.2. The summed E-state index contributed by atoms with van der Waals surface area (Å²) in [5.74, 6) is 0.171. The van der Waals surface area contributed by atoms with E-state index in [1.807, 2.05) is 24.3 Å². The first-order valence-corrected chi connectivity index (χ1v) is 11.7. The molecule has 7 nitrogen and oxygen atoms in total. The lowest BCUT2D eigenvalue weighted by Crippen LogP contribution is -2.31. The van der Waals surface area contributed by atoms with Gasteiger partial charge in [0.2, 0.25) is 10.0 Å². The van der Waals surface area contributed by atoms with E-state index >= 15 is 0 Å². The van der Waals surface area contributed by atoms with Crippen LogP contribution in [0.4, 0.5) is 0 Å². The van der Waals surface area contributed by atoms with E-state index in [1.54, 1.807) is 55.7 Å². The first-order chi connectivity index (χ1) is 15.5. The number of aromatic nitrogens is 1. The zero-order valence-electron chi connectivity index (χ0n) is 17.6. The number of carbonyl (C=O) groups is 1. The molecule has 1 amide bonds. The number of carbonyl (C=O) groups excluding carboxylic acids is 1. The van der Waals surface area contributed by atoms with Crippen molar-refractivity contribution in [1.29, 1.82) is 0 Å². The fraction of sp³-hybridized carbons (Fsp3) is 0.167. The average Bonchev–Trinajstić information content (AvgIpc) is 3.32. The molecule has 32 heavy (non-hydrogen) atoms. The molecule has 164 valence electrons. The SMILES string of the molecule is CNC(=O)c1ccc(CN(Cc2ccco2)S(=O)(=O)Cc2cccc3cccnc23)cc1. The number of para-hydroxylation sites is 1. The summed E-state index contributed by atoms with van der Waals surface area (Å²) in [6.07, 6.45) is 3.18. The molecule has 4 rings (SSSR count). The third kappa shape index (κ3) is 4.87. The van der Waals surface area contributed by atoms with Crippen molar-refractivity contribution < 1.29 is 17.6 Å². The molecule has 8 heteroatoms. The standard InChI is InChI=1S/C24H23N3O4S/c1-25-24(28)20-11-9-18(10-12-20)15-27(16-22-8-4-14-31-22)32(29,30)17-21-6-2-5-19-7-3-13-26-23(19)21/h2-14H,15-17H2,1H3,(H,25,28). The van der Waals surface area contributed by atoms with Gasteiger partial charge in [-0.1, -0.05) is 36.4 Å². The van der Waals surface area contributed by atoms with Gasteiger partial charge < -0.3 is 9.73 Å². The number of nitrogens with one attached hydrogen (secondary N) is 1. The fourth-order valence-electron chi connectivity index (χ4n) is 3.51. The summed E-state index contributed by atoms with van der Waals surface area (Å²) < 4.78 is 33.8. The van der Waals surface area contributed by atoms with Crippen molar-refractivity contribution in [1.82, 2.24) is 14.6 Å². The maximum absolute atomic E-state index is 13.5. The van der Waals surface area contributed by atoms with Crippen molar-refractivity contribution in [2.45, 2.75) is 18.8 Å². The van der Waals surface area contributed by atoms with Gasteiger partial charge in [0, 0.05) is 30.7 Å². The van der Waals surface area contributed by atoms with E-state index in [-0.39, 0.29) is 24.7 Å². The number of benzene rings is 2. The third-order valence-electron chi connectivity index (χ3n) is 5.16. The van der Waals surface area contributed by atoms with Crippen LogP contribution in [0.2, 0.25) is 0 Å². The summed E-state index contributed by atoms with van der Waals surface area (Å²) in [7, 11) is -2.15. The second kappa shape index (κ2) is 9.33. The first-order valence-electron chi connectivity index (χ1n) is 10.1. The van der Waals surface area contributed by atoms with Gasteiger partial charge >= 0.3 is 0 Å². The Morgan fingerprint density at radius 3 is 2.50 bits per heavy atom. The Kier molecular flexibility index (Phi) is 6.34. The van der Waals surface area contributed by atoms with Gasteiger partial charge in [0.25, 0.3) is 5.91 Å². The van der Waals surface area contributed by atoms with Crippen LogP contribution in [0.15, 0.2) is 83.6 Å². The van der Waals surface area contributed by atoms with Crippen LogP contribution in [0, 0.1) is 0 Å². The summed E-state index contributed by atoms with van der Waals surface area (Å²) in [6.45, 7) is 0.250. The lowest BCUT2D eigenvalue weighted by Gasteiger charge is -2.22. The minimum absolute atomic E-state index is 0.102. The lowest BCUT2D eigenvalue weighted by atomic mass is 10.1. The number of hydrogen-bond donors (Lipinski definition) is 1. The van der Waals surface area contributed by atoms with Gasteiger partial charge in [0.15, 0.2) is 0 Å². The summed E-state index contributed by atoms with van der Waals surface area (Å²) in [4.78, 5) is 16.2. The van der Waals surface area contributed by atoms with Gasteiger partial charge in [-0.05, 0) is 41.5 Å². The quantitative estimate of drug-likeness (QED) is 0.443. The minimum Gasteiger partial charge on any atom is -0.468 e. The van der Waals surface area contributed by atoms with Crippen LogP contribution >= 0.6 is 0 Å². The summed E-state index contributed by atoms with van der Waals surface area (Å²) in [5, 5.41) is 3.47. The number of furan rings is 1. The zero-order chi connectivity index (χ0) is 22.6. The minimum atomic E-state index is -3.72. The predicted molar refractivity (Wildman–Crippen MR) is 122 cm³/mol. The van der Waals surface area contributed by atoms with Crippen LogP contribution in [0.5, 0.6) is 0 Å². The van der Waals surface area contributed by atoms with Crippen molar-refractivity contribution in [3.8, 4) is 0 Å². The molecule has 0 bridgehead atoms. The van der Waals surface area contributed by atoms with Gasteiger partial charge in [0.1, 0.15) is 5.76 Å². The number of nitrogens with zero attached hydrogens (tertiary/aromatic N) is 2. The molecule has 0 radical (unpaired) electrons. The van der Waals surface area contributed by atoms with Crippen LogP contribution < -0.4 is 5.32 Å². The fourth-order valence-corrected chi connectivity index (χ4v) is 4.99. The Morgan fingerprint density at radius 1 is 1.00 bits per heavy atom. The molecule has 2 aromatic heterocycles. The van der Waals surface area contributed by atoms with E-state index in [0.717, 1.165) is 10.9 Å². The maximum atomic E-state index is 13.5. The summed E-state index contributed by atoms with van der Waals surface area (Å²) in [5.41, 5.74) is 2.59. The second-order valence-corrected chi connectivity index (χ2v) is 9.34. The highest BCUT2D eigenvalue weighted by Crippen LogP contribution is 2.23. The Balaban J connectivity index is 1.63. The predicted octanol–water partition coefficient (Wildman–Crippen LogP) is 3.72. The maximum Gasteiger partial charge on any atom is 0.251 e. The van der Waals surface area contributed by atoms with Crippen LogP contribution in [0.25, 0.3) is 10.9 Å². The molecule has 2 aromatic carbocycles. The zero-order valence-corrected chi connectivity index (χ0v) is 18.4. The monoisotopic (exact) mass is 449 g/mol. The van der Waals surface area contributed by atoms with Crippen molar-refractivity contribution in [2.24, 2.45) is 0 Å². The van der Waals surface area contributed by atoms with Crippen LogP contribution in [-0.4, -0.2) is 30.7 Å². The topological polar surface area (TPSA) is 92.5 Å². The molecule has 0 unspecified atom stereocenters. The Bertz CT molecular complexity index is 1310. The number of fused-ring (bicyclic) bond motifs is 1. The Labute approximate surface area is 186 Å². The van der Waals surface area contributed by atoms with E-state index in [9.17, 15) is 13.2 Å². The Morgan fingerprint density at radius 2 is 1.78 bits per heavy atom. The van der Waals surface area contributed by atoms with Crippen molar-refractivity contribution in [3.05, 3.63) is 102 Å². The Hall–Kier alpha value is -3.49. The molecule has 0 atom stereocenters. The molecular formula is C24H23N3O4S. The lowest BCUT2D eigenvalue weighted by molar-refractivity contribution is 0.0963. The number of pyridine rings is 1. The molecule has 0 aliphatic carbocycles. The third-order valence-corrected chi connectivity index (χ3v) is 6.88. The largest absolute Gasteiger partial charge is 0.468 e. The van der Waals surface area contributed by atoms with Crippen molar-refractivity contribution in [2.75, 3.05) is 7.05 Å². The normalized spacial score (nSPS) is 11.7. The van der Waals surface area contributed by atoms with Gasteiger partial charge in [-0.25, -0.2) is 8.42 Å². The van der Waals surface area contributed by atoms with Crippen LogP contribution in [0.3, 0.4) is 0 Å². The van der Waals surface area contributed by atoms with E-state index < -0.39 is 10.0 Å². The highest BCUT2D eigenvalue weighted by Gasteiger charge is 2.25. The molecule has 0 fully saturated rings. The second-order valence-electron chi connectivity index (χ2n) is 7.37. The number of rotatable bonds is 8. The number of hydrogen-bond acceptors (Lipinski definition) is 5. The molecule has 0 aliphatic heterocycles. The van der Waals surface area contributed by atoms with Gasteiger partial charge in [-0.3, -0.25) is 9.78 Å². The van der Waals surface area contributed by atoms with Crippen molar-refractivity contribution in [3.63, 3.8) is 0 Å². The molecule has 0 spiro atoms. The van der Waals surface area contributed by atoms with Gasteiger partial charge in [-0.15, -0.1) is 0 Å². The van der Waals surface area contributed by atoms with E-state index in [1.165, 1.54) is 10.6 Å². The summed E-state index contributed by atoms with van der Waals surface area (Å²) >= 11 is 0. The van der Waals surface area contributed by atoms with Gasteiger partial charge in [-0.2, -0.15) is 4.31 Å². The van der Waals surface area contributed by atoms with E-state index in [0.29, 0.717) is 22.4 Å².